The van der Waals surface area contributed by atoms with Gasteiger partial charge in [0.2, 0.25) is 47.3 Å². The Kier molecular flexibility index (Phi) is 18.4. The van der Waals surface area contributed by atoms with E-state index in [1.54, 1.807) is 74.5 Å². The number of hydrogen-bond donors (Lipinski definition) is 9. The molecule has 0 aromatic heterocycles. The first-order valence-corrected chi connectivity index (χ1v) is 17.7. The molecule has 18 heteroatoms. The van der Waals surface area contributed by atoms with E-state index in [1.165, 1.54) is 20.8 Å². The molecule has 0 spiro atoms. The van der Waals surface area contributed by atoms with Crippen LogP contribution in [0.3, 0.4) is 0 Å². The summed E-state index contributed by atoms with van der Waals surface area (Å²) in [5.41, 5.74) is 6.74. The van der Waals surface area contributed by atoms with Crippen LogP contribution in [0.5, 0.6) is 0 Å². The number of nitrogens with two attached hydrogens (primary N) is 1. The van der Waals surface area contributed by atoms with Gasteiger partial charge in [-0.1, -0.05) is 74.5 Å². The molecule has 2 rings (SSSR count). The number of benzene rings is 2. The number of carboxylic acids is 1. The Bertz CT molecular complexity index is 1750. The van der Waals surface area contributed by atoms with Crippen LogP contribution in [0.4, 0.5) is 0 Å². The topological polar surface area (TPSA) is 284 Å². The molecule has 18 nitrogen and oxygen atoms in total. The fraction of sp³-hybridized carbons (Fsp3) is 0.395. The van der Waals surface area contributed by atoms with Gasteiger partial charge in [0.1, 0.15) is 36.3 Å². The number of aliphatic carboxylic acids is 1. The highest BCUT2D eigenvalue weighted by Crippen LogP contribution is 2.06. The third-order valence-electron chi connectivity index (χ3n) is 8.17. The molecule has 302 valence electrons. The van der Waals surface area contributed by atoms with Crippen molar-refractivity contribution in [3.8, 4) is 0 Å². The van der Waals surface area contributed by atoms with Crippen molar-refractivity contribution >= 4 is 53.2 Å². The van der Waals surface area contributed by atoms with Gasteiger partial charge in [0, 0.05) is 25.0 Å². The minimum Gasteiger partial charge on any atom is -0.480 e. The first-order valence-electron chi connectivity index (χ1n) is 17.7. The van der Waals surface area contributed by atoms with E-state index in [2.05, 4.69) is 37.2 Å². The number of rotatable bonds is 21. The standard InChI is InChI=1S/C38H50N8O10/c1-21(2)32(33(39)50)46-36(53)24(5)43-37(54)27(18-25-12-8-6-9-13-25)45-35(52)23(4)42-30(48)17-16-29(47)41-22(3)34(51)40-20-31(49)44-28(38(55)56)19-26-14-10-7-11-15-26/h6-17,21-24,27-28,32H,18-20H2,1-5H3,(H2,39,50)(H,40,51)(H,41,47)(H,42,48)(H,43,54)(H,44,49)(H,45,52)(H,46,53)(H,55,56). The zero-order valence-corrected chi connectivity index (χ0v) is 31.8. The summed E-state index contributed by atoms with van der Waals surface area (Å²) in [5.74, 6) is -7.68. The van der Waals surface area contributed by atoms with Crippen molar-refractivity contribution in [1.82, 2.24) is 37.2 Å². The smallest absolute Gasteiger partial charge is 0.326 e. The lowest BCUT2D eigenvalue weighted by molar-refractivity contribution is -0.141. The van der Waals surface area contributed by atoms with Crippen molar-refractivity contribution in [3.05, 3.63) is 83.9 Å². The summed E-state index contributed by atoms with van der Waals surface area (Å²) >= 11 is 0. The monoisotopic (exact) mass is 778 g/mol. The average Bonchev–Trinajstić information content (AvgIpc) is 3.14. The van der Waals surface area contributed by atoms with E-state index in [1.807, 2.05) is 0 Å². The Morgan fingerprint density at radius 3 is 1.48 bits per heavy atom. The lowest BCUT2D eigenvalue weighted by atomic mass is 10.0. The third kappa shape index (κ3) is 16.2. The van der Waals surface area contributed by atoms with Crippen molar-refractivity contribution in [2.75, 3.05) is 6.54 Å². The highest BCUT2D eigenvalue weighted by Gasteiger charge is 2.29. The lowest BCUT2D eigenvalue weighted by Gasteiger charge is -2.25. The molecular weight excluding hydrogens is 728 g/mol. The van der Waals surface area contributed by atoms with Crippen molar-refractivity contribution in [1.29, 1.82) is 0 Å². The van der Waals surface area contributed by atoms with Crippen LogP contribution < -0.4 is 43.0 Å². The Hall–Kier alpha value is -6.59. The number of carbonyl (C=O) groups is 9. The van der Waals surface area contributed by atoms with Crippen LogP contribution in [-0.2, 0) is 56.0 Å². The van der Waals surface area contributed by atoms with Crippen LogP contribution in [0.25, 0.3) is 0 Å². The first-order chi connectivity index (χ1) is 26.4. The molecule has 56 heavy (non-hydrogen) atoms. The van der Waals surface area contributed by atoms with E-state index in [0.29, 0.717) is 11.1 Å². The van der Waals surface area contributed by atoms with E-state index >= 15 is 0 Å². The quantitative estimate of drug-likeness (QED) is 0.0651. The van der Waals surface area contributed by atoms with Gasteiger partial charge >= 0.3 is 5.97 Å². The molecule has 0 heterocycles. The van der Waals surface area contributed by atoms with Crippen molar-refractivity contribution in [2.24, 2.45) is 11.7 Å². The van der Waals surface area contributed by atoms with Gasteiger partial charge in [-0.3, -0.25) is 38.4 Å². The summed E-state index contributed by atoms with van der Waals surface area (Å²) < 4.78 is 0. The highest BCUT2D eigenvalue weighted by atomic mass is 16.4. The summed E-state index contributed by atoms with van der Waals surface area (Å²) in [4.78, 5) is 112. The van der Waals surface area contributed by atoms with Gasteiger partial charge in [0.25, 0.3) is 0 Å². The van der Waals surface area contributed by atoms with Crippen LogP contribution in [0, 0.1) is 5.92 Å². The van der Waals surface area contributed by atoms with E-state index in [0.717, 1.165) is 12.2 Å². The number of amides is 8. The summed E-state index contributed by atoms with van der Waals surface area (Å²) in [6, 6.07) is 10.5. The molecule has 6 atom stereocenters. The van der Waals surface area contributed by atoms with Gasteiger partial charge in [-0.2, -0.15) is 0 Å². The molecule has 0 saturated heterocycles. The second-order valence-electron chi connectivity index (χ2n) is 13.3. The minimum atomic E-state index is -1.26. The third-order valence-corrected chi connectivity index (χ3v) is 8.17. The molecule has 2 aromatic rings. The van der Waals surface area contributed by atoms with Gasteiger partial charge < -0.3 is 48.1 Å². The molecule has 0 bridgehead atoms. The molecule has 6 unspecified atom stereocenters. The lowest BCUT2D eigenvalue weighted by Crippen LogP contribution is -2.58. The summed E-state index contributed by atoms with van der Waals surface area (Å²) in [6.45, 7) is 6.89. The van der Waals surface area contributed by atoms with Crippen molar-refractivity contribution in [2.45, 2.75) is 83.7 Å². The zero-order chi connectivity index (χ0) is 41.9. The molecule has 0 saturated carbocycles. The van der Waals surface area contributed by atoms with Crippen molar-refractivity contribution < 1.29 is 48.3 Å². The minimum absolute atomic E-state index is 0.0247. The zero-order valence-electron chi connectivity index (χ0n) is 31.8. The summed E-state index contributed by atoms with van der Waals surface area (Å²) in [6.07, 6.45) is 1.69. The van der Waals surface area contributed by atoms with Crippen LogP contribution in [0.1, 0.15) is 45.7 Å². The number of primary amides is 1. The maximum atomic E-state index is 13.3. The second kappa shape index (κ2) is 22.6. The Labute approximate surface area is 324 Å². The molecule has 0 aliphatic rings. The SMILES string of the molecule is CC(NC(=O)C=CC(=O)NC(C)C(=O)NC(Cc1ccccc1)C(=O)NC(C)C(=O)NC(C(N)=O)C(C)C)C(=O)NCC(=O)NC(Cc1ccccc1)C(=O)O. The van der Waals surface area contributed by atoms with Gasteiger partial charge in [-0.05, 0) is 37.8 Å². The van der Waals surface area contributed by atoms with E-state index < -0.39 is 96.0 Å². The molecule has 8 amide bonds. The van der Waals surface area contributed by atoms with Crippen molar-refractivity contribution in [3.63, 3.8) is 0 Å². The van der Waals surface area contributed by atoms with E-state index in [4.69, 9.17) is 5.73 Å². The molecule has 10 N–H and O–H groups in total. The number of hydrogen-bond acceptors (Lipinski definition) is 9. The summed E-state index contributed by atoms with van der Waals surface area (Å²) in [7, 11) is 0. The number of nitrogens with one attached hydrogen (secondary N) is 7. The van der Waals surface area contributed by atoms with Crippen LogP contribution in [-0.4, -0.2) is 101 Å². The van der Waals surface area contributed by atoms with Gasteiger partial charge in [0.15, 0.2) is 0 Å². The van der Waals surface area contributed by atoms with Gasteiger partial charge in [-0.15, -0.1) is 0 Å². The largest absolute Gasteiger partial charge is 0.480 e. The summed E-state index contributed by atoms with van der Waals surface area (Å²) in [5, 5.41) is 26.4. The Morgan fingerprint density at radius 1 is 0.571 bits per heavy atom. The second-order valence-corrected chi connectivity index (χ2v) is 13.3. The maximum Gasteiger partial charge on any atom is 0.326 e. The predicted octanol–water partition coefficient (Wildman–Crippen LogP) is -1.66. The predicted molar refractivity (Wildman–Crippen MR) is 203 cm³/mol. The van der Waals surface area contributed by atoms with E-state index in [-0.39, 0.29) is 18.8 Å². The Morgan fingerprint density at radius 2 is 1.02 bits per heavy atom. The molecule has 0 aliphatic heterocycles. The molecule has 0 aliphatic carbocycles. The fourth-order valence-corrected chi connectivity index (χ4v) is 5.00. The number of carboxylic acid groups (broad SMARTS) is 1. The maximum absolute atomic E-state index is 13.3. The molecule has 0 radical (unpaired) electrons. The van der Waals surface area contributed by atoms with E-state index in [9.17, 15) is 48.3 Å². The Balaban J connectivity index is 1.91. The number of carbonyl (C=O) groups excluding carboxylic acids is 8. The normalized spacial score (nSPS) is 14.1. The molecular formula is C38H50N8O10. The first kappa shape index (κ1) is 45.6. The molecule has 0 fully saturated rings. The highest BCUT2D eigenvalue weighted by molar-refractivity contribution is 6.00. The van der Waals surface area contributed by atoms with Crippen LogP contribution in [0.2, 0.25) is 0 Å². The van der Waals surface area contributed by atoms with Gasteiger partial charge in [0.05, 0.1) is 6.54 Å². The average molecular weight is 779 g/mol. The fourth-order valence-electron chi connectivity index (χ4n) is 5.00. The van der Waals surface area contributed by atoms with Crippen LogP contribution >= 0.6 is 0 Å². The van der Waals surface area contributed by atoms with Crippen LogP contribution in [0.15, 0.2) is 72.8 Å². The molecule has 2 aromatic carbocycles. The van der Waals surface area contributed by atoms with Gasteiger partial charge in [-0.25, -0.2) is 4.79 Å².